The SMILES string of the molecule is NC1C(=O)N2CC(CSc3nnnn3CCS(=O)(=O)O)(C(=O)O)CS[C@H]12. The van der Waals surface area contributed by atoms with E-state index in [0.29, 0.717) is 0 Å². The number of fused-ring (bicyclic) bond motifs is 1. The number of carboxylic acid groups (broad SMARTS) is 1. The van der Waals surface area contributed by atoms with E-state index >= 15 is 0 Å². The summed E-state index contributed by atoms with van der Waals surface area (Å²) < 4.78 is 31.7. The number of aliphatic carboxylic acids is 1. The van der Waals surface area contributed by atoms with Crippen LogP contribution in [0.3, 0.4) is 0 Å². The second-order valence-electron chi connectivity index (χ2n) is 6.04. The van der Waals surface area contributed by atoms with Crippen LogP contribution in [0.2, 0.25) is 0 Å². The lowest BCUT2D eigenvalue weighted by Gasteiger charge is -2.52. The van der Waals surface area contributed by atoms with Gasteiger partial charge in [0.1, 0.15) is 16.8 Å². The van der Waals surface area contributed by atoms with E-state index in [4.69, 9.17) is 10.3 Å². The summed E-state index contributed by atoms with van der Waals surface area (Å²) in [5.74, 6) is -1.50. The summed E-state index contributed by atoms with van der Waals surface area (Å²) in [6, 6.07) is -0.591. The van der Waals surface area contributed by atoms with E-state index < -0.39 is 33.3 Å². The predicted octanol–water partition coefficient (Wildman–Crippen LogP) is -2.03. The first-order chi connectivity index (χ1) is 12.1. The molecule has 12 nitrogen and oxygen atoms in total. The van der Waals surface area contributed by atoms with E-state index in [1.54, 1.807) is 0 Å². The molecule has 1 aromatic heterocycles. The lowest BCUT2D eigenvalue weighted by Crippen LogP contribution is -2.72. The Morgan fingerprint density at radius 3 is 2.88 bits per heavy atom. The monoisotopic (exact) mass is 424 g/mol. The predicted molar refractivity (Wildman–Crippen MR) is 91.0 cm³/mol. The van der Waals surface area contributed by atoms with Crippen LogP contribution in [-0.4, -0.2) is 90.3 Å². The van der Waals surface area contributed by atoms with E-state index in [1.165, 1.54) is 21.3 Å². The Morgan fingerprint density at radius 1 is 1.50 bits per heavy atom. The van der Waals surface area contributed by atoms with Crippen molar-refractivity contribution in [3.05, 3.63) is 0 Å². The maximum absolute atomic E-state index is 11.9. The van der Waals surface area contributed by atoms with Gasteiger partial charge >= 0.3 is 5.97 Å². The fourth-order valence-electron chi connectivity index (χ4n) is 2.65. The number of carbonyl (C=O) groups is 2. The van der Waals surface area contributed by atoms with Gasteiger partial charge in [0.2, 0.25) is 11.1 Å². The molecule has 1 aromatic rings. The Kier molecular flexibility index (Phi) is 5.17. The third-order valence-corrected chi connectivity index (χ3v) is 7.73. The van der Waals surface area contributed by atoms with Crippen LogP contribution < -0.4 is 5.73 Å². The Balaban J connectivity index is 1.68. The smallest absolute Gasteiger partial charge is 0.313 e. The molecule has 3 rings (SSSR count). The standard InChI is InChI=1S/C11H16N6O6S3/c12-6-7(18)16-3-11(9(19)20,4-24-8(6)16)5-25-10-13-14-15-17(10)1-2-26(21,22)23/h6,8H,1-5,12H2,(H,19,20)(H,21,22,23)/t6?,8-,11?/m1/s1. The number of nitrogens with zero attached hydrogens (tertiary/aromatic N) is 5. The van der Waals surface area contributed by atoms with Crippen molar-refractivity contribution in [2.24, 2.45) is 11.1 Å². The number of rotatable bonds is 7. The zero-order chi connectivity index (χ0) is 19.1. The van der Waals surface area contributed by atoms with Crippen LogP contribution in [-0.2, 0) is 26.3 Å². The highest BCUT2D eigenvalue weighted by molar-refractivity contribution is 8.00. The van der Waals surface area contributed by atoms with Crippen molar-refractivity contribution in [2.75, 3.05) is 23.8 Å². The zero-order valence-corrected chi connectivity index (χ0v) is 15.7. The number of carboxylic acids is 1. The van der Waals surface area contributed by atoms with Crippen molar-refractivity contribution >= 4 is 45.5 Å². The number of aromatic nitrogens is 4. The minimum atomic E-state index is -4.17. The number of thioether (sulfide) groups is 2. The highest BCUT2D eigenvalue weighted by Crippen LogP contribution is 2.43. The quantitative estimate of drug-likeness (QED) is 0.248. The molecule has 1 amide bonds. The van der Waals surface area contributed by atoms with Crippen molar-refractivity contribution in [3.8, 4) is 0 Å². The van der Waals surface area contributed by atoms with Crippen molar-refractivity contribution < 1.29 is 27.7 Å². The molecule has 2 aliphatic rings. The maximum atomic E-state index is 11.9. The Labute approximate surface area is 156 Å². The molecule has 4 N–H and O–H groups in total. The molecule has 0 saturated carbocycles. The number of hydrogen-bond donors (Lipinski definition) is 3. The van der Waals surface area contributed by atoms with Gasteiger partial charge in [-0.3, -0.25) is 14.1 Å². The summed E-state index contributed by atoms with van der Waals surface area (Å²) in [6.45, 7) is -0.114. The fourth-order valence-corrected chi connectivity index (χ4v) is 5.77. The first kappa shape index (κ1) is 19.3. The summed E-state index contributed by atoms with van der Waals surface area (Å²) in [5.41, 5.74) is 4.52. The van der Waals surface area contributed by atoms with E-state index in [1.807, 2.05) is 0 Å². The van der Waals surface area contributed by atoms with Gasteiger partial charge in [0.25, 0.3) is 10.1 Å². The van der Waals surface area contributed by atoms with Crippen molar-refractivity contribution in [1.82, 2.24) is 25.1 Å². The summed E-state index contributed by atoms with van der Waals surface area (Å²) in [5, 5.41) is 20.6. The topological polar surface area (TPSA) is 182 Å². The first-order valence-electron chi connectivity index (χ1n) is 7.38. The summed E-state index contributed by atoms with van der Waals surface area (Å²) >= 11 is 2.38. The molecular weight excluding hydrogens is 408 g/mol. The normalized spacial score (nSPS) is 28.5. The number of tetrazole rings is 1. The minimum absolute atomic E-state index is 0.0477. The van der Waals surface area contributed by atoms with Crippen LogP contribution >= 0.6 is 23.5 Å². The third-order valence-electron chi connectivity index (χ3n) is 4.18. The molecule has 2 fully saturated rings. The summed E-state index contributed by atoms with van der Waals surface area (Å²) in [7, 11) is -4.17. The number of nitrogens with two attached hydrogens (primary N) is 1. The fraction of sp³-hybridized carbons (Fsp3) is 0.727. The van der Waals surface area contributed by atoms with Crippen LogP contribution in [0.1, 0.15) is 0 Å². The van der Waals surface area contributed by atoms with Crippen LogP contribution in [0.5, 0.6) is 0 Å². The van der Waals surface area contributed by atoms with Crippen LogP contribution in [0.15, 0.2) is 5.16 Å². The molecule has 0 aromatic carbocycles. The number of carbonyl (C=O) groups excluding carboxylic acids is 1. The Hall–Kier alpha value is -1.42. The molecule has 3 heterocycles. The molecule has 0 spiro atoms. The lowest BCUT2D eigenvalue weighted by molar-refractivity contribution is -0.155. The minimum Gasteiger partial charge on any atom is -0.481 e. The zero-order valence-electron chi connectivity index (χ0n) is 13.3. The molecule has 2 saturated heterocycles. The van der Waals surface area contributed by atoms with Crippen molar-refractivity contribution in [2.45, 2.75) is 23.1 Å². The molecule has 2 aliphatic heterocycles. The van der Waals surface area contributed by atoms with Crippen LogP contribution in [0.25, 0.3) is 0 Å². The van der Waals surface area contributed by atoms with Gasteiger partial charge in [-0.1, -0.05) is 11.8 Å². The highest BCUT2D eigenvalue weighted by Gasteiger charge is 2.55. The van der Waals surface area contributed by atoms with Gasteiger partial charge in [0.05, 0.1) is 12.3 Å². The van der Waals surface area contributed by atoms with Gasteiger partial charge in [-0.25, -0.2) is 4.68 Å². The second kappa shape index (κ2) is 6.95. The molecule has 0 aliphatic carbocycles. The Bertz CT molecular complexity index is 830. The molecule has 15 heteroatoms. The van der Waals surface area contributed by atoms with Crippen LogP contribution in [0.4, 0.5) is 0 Å². The molecule has 0 radical (unpaired) electrons. The van der Waals surface area contributed by atoms with E-state index in [9.17, 15) is 23.1 Å². The van der Waals surface area contributed by atoms with E-state index in [2.05, 4.69) is 15.5 Å². The van der Waals surface area contributed by atoms with Crippen molar-refractivity contribution in [1.29, 1.82) is 0 Å². The molecule has 0 bridgehead atoms. The molecular formula is C11H16N6O6S3. The lowest BCUT2D eigenvalue weighted by atomic mass is 9.89. The van der Waals surface area contributed by atoms with Gasteiger partial charge in [-0.2, -0.15) is 8.42 Å². The molecule has 2 unspecified atom stereocenters. The molecule has 3 atom stereocenters. The Morgan fingerprint density at radius 2 is 2.23 bits per heavy atom. The molecule has 144 valence electrons. The summed E-state index contributed by atoms with van der Waals surface area (Å²) in [4.78, 5) is 25.2. The van der Waals surface area contributed by atoms with E-state index in [0.717, 1.165) is 11.8 Å². The number of amides is 1. The number of β-lactam (4-membered cyclic amide) rings is 1. The van der Waals surface area contributed by atoms with E-state index in [-0.39, 0.29) is 41.0 Å². The highest BCUT2D eigenvalue weighted by atomic mass is 32.2. The van der Waals surface area contributed by atoms with Crippen LogP contribution in [0, 0.1) is 5.41 Å². The number of hydrogen-bond acceptors (Lipinski definition) is 10. The van der Waals surface area contributed by atoms with Gasteiger partial charge < -0.3 is 15.7 Å². The van der Waals surface area contributed by atoms with Gasteiger partial charge in [-0.15, -0.1) is 16.9 Å². The van der Waals surface area contributed by atoms with Gasteiger partial charge in [0, 0.05) is 18.1 Å². The largest absolute Gasteiger partial charge is 0.481 e. The second-order valence-corrected chi connectivity index (χ2v) is 9.66. The number of aryl methyl sites for hydroxylation is 1. The summed E-state index contributed by atoms with van der Waals surface area (Å²) in [6.07, 6.45) is 0. The van der Waals surface area contributed by atoms with Gasteiger partial charge in [-0.05, 0) is 10.4 Å². The maximum Gasteiger partial charge on any atom is 0.313 e. The first-order valence-corrected chi connectivity index (χ1v) is 11.0. The van der Waals surface area contributed by atoms with Crippen molar-refractivity contribution in [3.63, 3.8) is 0 Å². The average molecular weight is 424 g/mol. The third kappa shape index (κ3) is 3.66. The molecule has 26 heavy (non-hydrogen) atoms. The average Bonchev–Trinajstić information content (AvgIpc) is 3.04. The van der Waals surface area contributed by atoms with Gasteiger partial charge in [0.15, 0.2) is 0 Å².